The third kappa shape index (κ3) is 4.10. The van der Waals surface area contributed by atoms with Crippen molar-refractivity contribution in [3.05, 3.63) is 72.0 Å². The molecule has 0 bridgehead atoms. The number of aryl methyl sites for hydroxylation is 1. The number of rotatable bonds is 6. The van der Waals surface area contributed by atoms with E-state index in [0.717, 1.165) is 0 Å². The Kier molecular flexibility index (Phi) is 5.20. The third-order valence-corrected chi connectivity index (χ3v) is 3.76. The minimum Gasteiger partial charge on any atom is -0.461 e. The number of nitrogens with zero attached hydrogens (tertiary/aromatic N) is 1. The number of halogens is 1. The maximum Gasteiger partial charge on any atom is 0.224 e. The molecule has 2 N–H and O–H groups in total. The molecule has 3 rings (SSSR count). The molecule has 0 atom stereocenters. The van der Waals surface area contributed by atoms with Crippen LogP contribution in [0.25, 0.3) is 11.3 Å². The van der Waals surface area contributed by atoms with Gasteiger partial charge in [0.05, 0.1) is 24.1 Å². The minimum absolute atomic E-state index is 0.178. The summed E-state index contributed by atoms with van der Waals surface area (Å²) >= 11 is 0. The Morgan fingerprint density at radius 3 is 2.84 bits per heavy atom. The van der Waals surface area contributed by atoms with Crippen molar-refractivity contribution in [1.82, 2.24) is 4.98 Å². The van der Waals surface area contributed by atoms with Crippen LogP contribution in [-0.2, 0) is 17.8 Å². The number of benzene rings is 1. The lowest BCUT2D eigenvalue weighted by Gasteiger charge is -2.08. The Hall–Kier alpha value is -2.99. The van der Waals surface area contributed by atoms with Crippen molar-refractivity contribution in [3.8, 4) is 11.3 Å². The number of aliphatic hydroxyl groups is 1. The van der Waals surface area contributed by atoms with Crippen molar-refractivity contribution in [3.63, 3.8) is 0 Å². The molecule has 2 aromatic heterocycles. The van der Waals surface area contributed by atoms with Crippen molar-refractivity contribution in [2.24, 2.45) is 0 Å². The van der Waals surface area contributed by atoms with Crippen molar-refractivity contribution >= 4 is 11.6 Å². The number of aliphatic hydroxyl groups excluding tert-OH is 1. The van der Waals surface area contributed by atoms with Crippen LogP contribution in [0.15, 0.2) is 59.3 Å². The largest absolute Gasteiger partial charge is 0.461 e. The van der Waals surface area contributed by atoms with Gasteiger partial charge >= 0.3 is 0 Å². The summed E-state index contributed by atoms with van der Waals surface area (Å²) in [6.45, 7) is -0.178. The molecule has 0 radical (unpaired) electrons. The Morgan fingerprint density at radius 1 is 1.20 bits per heavy atom. The molecule has 0 aliphatic heterocycles. The molecule has 1 aromatic carbocycles. The van der Waals surface area contributed by atoms with E-state index in [2.05, 4.69) is 10.3 Å². The van der Waals surface area contributed by atoms with Gasteiger partial charge in [0.25, 0.3) is 0 Å². The van der Waals surface area contributed by atoms with Gasteiger partial charge in [0.15, 0.2) is 0 Å². The number of amides is 1. The first-order chi connectivity index (χ1) is 12.2. The summed E-state index contributed by atoms with van der Waals surface area (Å²) in [4.78, 5) is 16.0. The second-order valence-corrected chi connectivity index (χ2v) is 5.48. The maximum atomic E-state index is 13.8. The molecular weight excluding hydrogens is 323 g/mol. The van der Waals surface area contributed by atoms with E-state index in [1.807, 2.05) is 0 Å². The SMILES string of the molecule is O=C(CCc1ccc(-c2ccccc2F)o1)Nc1cnccc1CO. The predicted octanol–water partition coefficient (Wildman–Crippen LogP) is 3.54. The molecule has 2 heterocycles. The van der Waals surface area contributed by atoms with Crippen LogP contribution in [0.3, 0.4) is 0 Å². The second kappa shape index (κ2) is 7.72. The van der Waals surface area contributed by atoms with Gasteiger partial charge < -0.3 is 14.8 Å². The molecule has 0 unspecified atom stereocenters. The second-order valence-electron chi connectivity index (χ2n) is 5.48. The standard InChI is InChI=1S/C19H17FN2O3/c20-16-4-2-1-3-15(16)18-7-5-14(25-18)6-8-19(24)22-17-11-21-10-9-13(17)12-23/h1-5,7,9-11,23H,6,8,12H2,(H,22,24). The zero-order chi connectivity index (χ0) is 17.6. The zero-order valence-electron chi connectivity index (χ0n) is 13.4. The number of nitrogens with one attached hydrogen (secondary N) is 1. The first-order valence-corrected chi connectivity index (χ1v) is 7.84. The molecule has 128 valence electrons. The molecule has 0 aliphatic carbocycles. The number of furan rings is 1. The quantitative estimate of drug-likeness (QED) is 0.720. The summed E-state index contributed by atoms with van der Waals surface area (Å²) in [6, 6.07) is 11.4. The van der Waals surface area contributed by atoms with Crippen LogP contribution < -0.4 is 5.32 Å². The van der Waals surface area contributed by atoms with E-state index in [1.54, 1.807) is 42.6 Å². The number of pyridine rings is 1. The van der Waals surface area contributed by atoms with E-state index >= 15 is 0 Å². The monoisotopic (exact) mass is 340 g/mol. The molecule has 0 spiro atoms. The molecule has 0 aliphatic rings. The van der Waals surface area contributed by atoms with Gasteiger partial charge in [0.2, 0.25) is 5.91 Å². The first kappa shape index (κ1) is 16.9. The summed E-state index contributed by atoms with van der Waals surface area (Å²) in [5.74, 6) is 0.464. The average Bonchev–Trinajstić information content (AvgIpc) is 3.09. The lowest BCUT2D eigenvalue weighted by molar-refractivity contribution is -0.116. The molecule has 6 heteroatoms. The highest BCUT2D eigenvalue weighted by Gasteiger charge is 2.11. The van der Waals surface area contributed by atoms with Crippen LogP contribution in [0.1, 0.15) is 17.7 Å². The fourth-order valence-electron chi connectivity index (χ4n) is 2.44. The summed E-state index contributed by atoms with van der Waals surface area (Å²) in [7, 11) is 0. The van der Waals surface area contributed by atoms with Gasteiger partial charge in [-0.15, -0.1) is 0 Å². The van der Waals surface area contributed by atoms with Gasteiger partial charge in [-0.2, -0.15) is 0 Å². The zero-order valence-corrected chi connectivity index (χ0v) is 13.4. The van der Waals surface area contributed by atoms with Crippen LogP contribution in [0.5, 0.6) is 0 Å². The van der Waals surface area contributed by atoms with Gasteiger partial charge in [0.1, 0.15) is 17.3 Å². The Bertz CT molecular complexity index is 876. The van der Waals surface area contributed by atoms with Crippen LogP contribution in [0, 0.1) is 5.82 Å². The highest BCUT2D eigenvalue weighted by Crippen LogP contribution is 2.25. The fourth-order valence-corrected chi connectivity index (χ4v) is 2.44. The third-order valence-electron chi connectivity index (χ3n) is 3.76. The molecule has 0 fully saturated rings. The lowest BCUT2D eigenvalue weighted by Crippen LogP contribution is -2.13. The molecule has 0 saturated heterocycles. The Labute approximate surface area is 144 Å². The van der Waals surface area contributed by atoms with E-state index in [-0.39, 0.29) is 24.8 Å². The van der Waals surface area contributed by atoms with E-state index in [0.29, 0.717) is 34.8 Å². The van der Waals surface area contributed by atoms with E-state index in [1.165, 1.54) is 12.3 Å². The topological polar surface area (TPSA) is 75.4 Å². The minimum atomic E-state index is -0.353. The van der Waals surface area contributed by atoms with Gasteiger partial charge in [-0.25, -0.2) is 4.39 Å². The highest BCUT2D eigenvalue weighted by atomic mass is 19.1. The van der Waals surface area contributed by atoms with E-state index in [9.17, 15) is 14.3 Å². The van der Waals surface area contributed by atoms with Gasteiger partial charge in [-0.3, -0.25) is 9.78 Å². The fraction of sp³-hybridized carbons (Fsp3) is 0.158. The number of carbonyl (C=O) groups excluding carboxylic acids is 1. The average molecular weight is 340 g/mol. The summed E-state index contributed by atoms with van der Waals surface area (Å²) in [5, 5.41) is 12.0. The number of aromatic nitrogens is 1. The van der Waals surface area contributed by atoms with Crippen LogP contribution in [0.4, 0.5) is 10.1 Å². The molecule has 25 heavy (non-hydrogen) atoms. The van der Waals surface area contributed by atoms with Gasteiger partial charge in [-0.05, 0) is 30.3 Å². The van der Waals surface area contributed by atoms with Crippen molar-refractivity contribution in [2.45, 2.75) is 19.4 Å². The van der Waals surface area contributed by atoms with Gasteiger partial charge in [0, 0.05) is 24.6 Å². The van der Waals surface area contributed by atoms with Crippen LogP contribution >= 0.6 is 0 Å². The summed E-state index contributed by atoms with van der Waals surface area (Å²) in [6.07, 6.45) is 3.62. The summed E-state index contributed by atoms with van der Waals surface area (Å²) in [5.41, 5.74) is 1.48. The van der Waals surface area contributed by atoms with Crippen molar-refractivity contribution < 1.29 is 18.7 Å². The number of hydrogen-bond acceptors (Lipinski definition) is 4. The molecule has 3 aromatic rings. The van der Waals surface area contributed by atoms with Crippen molar-refractivity contribution in [2.75, 3.05) is 5.32 Å². The molecule has 1 amide bonds. The summed E-state index contributed by atoms with van der Waals surface area (Å²) < 4.78 is 19.4. The Balaban J connectivity index is 1.61. The first-order valence-electron chi connectivity index (χ1n) is 7.84. The van der Waals surface area contributed by atoms with E-state index < -0.39 is 0 Å². The lowest BCUT2D eigenvalue weighted by atomic mass is 10.1. The van der Waals surface area contributed by atoms with Crippen LogP contribution in [0.2, 0.25) is 0 Å². The number of hydrogen-bond donors (Lipinski definition) is 2. The smallest absolute Gasteiger partial charge is 0.224 e. The van der Waals surface area contributed by atoms with Crippen LogP contribution in [-0.4, -0.2) is 16.0 Å². The molecular formula is C19H17FN2O3. The number of carbonyl (C=O) groups is 1. The van der Waals surface area contributed by atoms with Crippen molar-refractivity contribution in [1.29, 1.82) is 0 Å². The van der Waals surface area contributed by atoms with Gasteiger partial charge in [-0.1, -0.05) is 12.1 Å². The van der Waals surface area contributed by atoms with E-state index in [4.69, 9.17) is 4.42 Å². The molecule has 5 nitrogen and oxygen atoms in total. The predicted molar refractivity (Wildman–Crippen MR) is 91.2 cm³/mol. The highest BCUT2D eigenvalue weighted by molar-refractivity contribution is 5.91. The Morgan fingerprint density at radius 2 is 2.04 bits per heavy atom. The maximum absolute atomic E-state index is 13.8. The number of anilines is 1. The normalized spacial score (nSPS) is 10.6. The molecule has 0 saturated carbocycles.